The van der Waals surface area contributed by atoms with Crippen LogP contribution in [0.15, 0.2) is 40.9 Å². The lowest BCUT2D eigenvalue weighted by atomic mass is 10.1. The number of methoxy groups -OCH3 is 2. The van der Waals surface area contributed by atoms with E-state index in [0.717, 1.165) is 22.1 Å². The summed E-state index contributed by atoms with van der Waals surface area (Å²) in [7, 11) is 3.20. The molecule has 5 heteroatoms. The Morgan fingerprint density at radius 2 is 1.71 bits per heavy atom. The summed E-state index contributed by atoms with van der Waals surface area (Å²) in [6.07, 6.45) is 1.99. The summed E-state index contributed by atoms with van der Waals surface area (Å²) in [4.78, 5) is 12.1. The SMILES string of the molecule is CCc1ccc(NC(=O)CCc2cc(OC)c(OC)cc2Br)cc1. The Kier molecular flexibility index (Phi) is 6.67. The number of rotatable bonds is 7. The van der Waals surface area contributed by atoms with E-state index in [9.17, 15) is 4.79 Å². The minimum Gasteiger partial charge on any atom is -0.493 e. The highest BCUT2D eigenvalue weighted by Crippen LogP contribution is 2.33. The number of aryl methyl sites for hydroxylation is 2. The molecular weight excluding hydrogens is 370 g/mol. The van der Waals surface area contributed by atoms with E-state index >= 15 is 0 Å². The Hall–Kier alpha value is -2.01. The molecule has 0 radical (unpaired) electrons. The van der Waals surface area contributed by atoms with Gasteiger partial charge in [0, 0.05) is 16.6 Å². The zero-order valence-corrected chi connectivity index (χ0v) is 15.8. The van der Waals surface area contributed by atoms with Gasteiger partial charge >= 0.3 is 0 Å². The molecule has 0 heterocycles. The predicted octanol–water partition coefficient (Wildman–Crippen LogP) is 4.60. The molecule has 0 aliphatic rings. The summed E-state index contributed by atoms with van der Waals surface area (Å²) >= 11 is 3.52. The van der Waals surface area contributed by atoms with E-state index in [2.05, 4.69) is 28.2 Å². The van der Waals surface area contributed by atoms with Gasteiger partial charge in [0.25, 0.3) is 0 Å². The molecule has 0 unspecified atom stereocenters. The number of anilines is 1. The van der Waals surface area contributed by atoms with Crippen LogP contribution < -0.4 is 14.8 Å². The fourth-order valence-corrected chi connectivity index (χ4v) is 2.90. The van der Waals surface area contributed by atoms with Gasteiger partial charge in [-0.25, -0.2) is 0 Å². The average Bonchev–Trinajstić information content (AvgIpc) is 2.61. The minimum atomic E-state index is -0.0130. The molecule has 1 amide bonds. The van der Waals surface area contributed by atoms with Gasteiger partial charge in [0.05, 0.1) is 14.2 Å². The lowest BCUT2D eigenvalue weighted by molar-refractivity contribution is -0.116. The van der Waals surface area contributed by atoms with Crippen LogP contribution in [0.25, 0.3) is 0 Å². The Bertz CT molecular complexity index is 699. The summed E-state index contributed by atoms with van der Waals surface area (Å²) in [5.74, 6) is 1.31. The van der Waals surface area contributed by atoms with Crippen molar-refractivity contribution >= 4 is 27.5 Å². The van der Waals surface area contributed by atoms with E-state index in [1.54, 1.807) is 14.2 Å². The molecule has 2 rings (SSSR count). The maximum absolute atomic E-state index is 12.1. The molecule has 1 N–H and O–H groups in total. The molecule has 0 atom stereocenters. The number of amides is 1. The molecule has 0 aliphatic heterocycles. The summed E-state index contributed by atoms with van der Waals surface area (Å²) in [6.45, 7) is 2.11. The van der Waals surface area contributed by atoms with Gasteiger partial charge in [-0.15, -0.1) is 0 Å². The average molecular weight is 392 g/mol. The molecule has 0 saturated heterocycles. The highest BCUT2D eigenvalue weighted by molar-refractivity contribution is 9.10. The van der Waals surface area contributed by atoms with Crippen LogP contribution in [-0.4, -0.2) is 20.1 Å². The van der Waals surface area contributed by atoms with Gasteiger partial charge in [-0.1, -0.05) is 35.0 Å². The van der Waals surface area contributed by atoms with Gasteiger partial charge in [-0.3, -0.25) is 4.79 Å². The van der Waals surface area contributed by atoms with Crippen molar-refractivity contribution in [1.82, 2.24) is 0 Å². The Morgan fingerprint density at radius 3 is 2.29 bits per heavy atom. The van der Waals surface area contributed by atoms with Crippen LogP contribution in [0, 0.1) is 0 Å². The zero-order valence-electron chi connectivity index (χ0n) is 14.2. The van der Waals surface area contributed by atoms with Crippen molar-refractivity contribution in [2.45, 2.75) is 26.2 Å². The highest BCUT2D eigenvalue weighted by atomic mass is 79.9. The largest absolute Gasteiger partial charge is 0.493 e. The lowest BCUT2D eigenvalue weighted by Gasteiger charge is -2.12. The minimum absolute atomic E-state index is 0.0130. The van der Waals surface area contributed by atoms with E-state index in [1.165, 1.54) is 5.56 Å². The van der Waals surface area contributed by atoms with Crippen LogP contribution in [0.3, 0.4) is 0 Å². The molecular formula is C19H22BrNO3. The number of hydrogen-bond donors (Lipinski definition) is 1. The topological polar surface area (TPSA) is 47.6 Å². The maximum Gasteiger partial charge on any atom is 0.224 e. The van der Waals surface area contributed by atoms with Gasteiger partial charge < -0.3 is 14.8 Å². The van der Waals surface area contributed by atoms with Gasteiger partial charge in [-0.2, -0.15) is 0 Å². The molecule has 2 aromatic carbocycles. The van der Waals surface area contributed by atoms with Crippen LogP contribution in [0.1, 0.15) is 24.5 Å². The number of benzene rings is 2. The Morgan fingerprint density at radius 1 is 1.08 bits per heavy atom. The van der Waals surface area contributed by atoms with Crippen molar-refractivity contribution in [3.63, 3.8) is 0 Å². The summed E-state index contributed by atoms with van der Waals surface area (Å²) in [5.41, 5.74) is 3.08. The van der Waals surface area contributed by atoms with Crippen LogP contribution in [0.2, 0.25) is 0 Å². The monoisotopic (exact) mass is 391 g/mol. The van der Waals surface area contributed by atoms with Crippen molar-refractivity contribution < 1.29 is 14.3 Å². The van der Waals surface area contributed by atoms with E-state index in [-0.39, 0.29) is 5.91 Å². The van der Waals surface area contributed by atoms with E-state index in [4.69, 9.17) is 9.47 Å². The third-order valence-electron chi connectivity index (χ3n) is 3.82. The molecule has 24 heavy (non-hydrogen) atoms. The second kappa shape index (κ2) is 8.73. The van der Waals surface area contributed by atoms with Crippen LogP contribution in [0.5, 0.6) is 11.5 Å². The number of hydrogen-bond acceptors (Lipinski definition) is 3. The van der Waals surface area contributed by atoms with Crippen molar-refractivity contribution in [2.75, 3.05) is 19.5 Å². The fraction of sp³-hybridized carbons (Fsp3) is 0.316. The Balaban J connectivity index is 1.98. The third kappa shape index (κ3) is 4.74. The number of nitrogens with one attached hydrogen (secondary N) is 1. The standard InChI is InChI=1S/C19H22BrNO3/c1-4-13-5-8-15(9-6-13)21-19(22)10-7-14-11-17(23-2)18(24-3)12-16(14)20/h5-6,8-9,11-12H,4,7,10H2,1-3H3,(H,21,22). The van der Waals surface area contributed by atoms with Gasteiger partial charge in [0.1, 0.15) is 0 Å². The highest BCUT2D eigenvalue weighted by Gasteiger charge is 2.11. The van der Waals surface area contributed by atoms with Crippen LogP contribution in [0.4, 0.5) is 5.69 Å². The molecule has 128 valence electrons. The summed E-state index contributed by atoms with van der Waals surface area (Å²) in [6, 6.07) is 11.7. The van der Waals surface area contributed by atoms with Crippen molar-refractivity contribution in [1.29, 1.82) is 0 Å². The molecule has 0 spiro atoms. The fourth-order valence-electron chi connectivity index (χ4n) is 2.38. The first kappa shape index (κ1) is 18.3. The molecule has 2 aromatic rings. The third-order valence-corrected chi connectivity index (χ3v) is 4.56. The maximum atomic E-state index is 12.1. The summed E-state index contributed by atoms with van der Waals surface area (Å²) in [5, 5.41) is 2.92. The van der Waals surface area contributed by atoms with E-state index in [1.807, 2.05) is 36.4 Å². The normalized spacial score (nSPS) is 10.3. The van der Waals surface area contributed by atoms with Gasteiger partial charge in [0.2, 0.25) is 5.91 Å². The zero-order chi connectivity index (χ0) is 17.5. The van der Waals surface area contributed by atoms with Gasteiger partial charge in [0.15, 0.2) is 11.5 Å². The molecule has 0 fully saturated rings. The second-order valence-electron chi connectivity index (χ2n) is 5.40. The van der Waals surface area contributed by atoms with Crippen LogP contribution >= 0.6 is 15.9 Å². The molecule has 0 bridgehead atoms. The molecule has 4 nitrogen and oxygen atoms in total. The first-order valence-corrected chi connectivity index (χ1v) is 8.65. The van der Waals surface area contributed by atoms with Crippen LogP contribution in [-0.2, 0) is 17.6 Å². The second-order valence-corrected chi connectivity index (χ2v) is 6.25. The first-order valence-electron chi connectivity index (χ1n) is 7.86. The first-order chi connectivity index (χ1) is 11.6. The Labute approximate surface area is 151 Å². The molecule has 0 aliphatic carbocycles. The summed E-state index contributed by atoms with van der Waals surface area (Å²) < 4.78 is 11.5. The van der Waals surface area contributed by atoms with Crippen molar-refractivity contribution in [3.8, 4) is 11.5 Å². The smallest absolute Gasteiger partial charge is 0.224 e. The molecule has 0 saturated carbocycles. The predicted molar refractivity (Wildman–Crippen MR) is 100 cm³/mol. The number of halogens is 1. The number of carbonyl (C=O) groups is 1. The lowest BCUT2D eigenvalue weighted by Crippen LogP contribution is -2.12. The van der Waals surface area contributed by atoms with Gasteiger partial charge in [-0.05, 0) is 48.2 Å². The van der Waals surface area contributed by atoms with Crippen molar-refractivity contribution in [2.24, 2.45) is 0 Å². The van der Waals surface area contributed by atoms with E-state index in [0.29, 0.717) is 24.3 Å². The van der Waals surface area contributed by atoms with Crippen molar-refractivity contribution in [3.05, 3.63) is 52.0 Å². The molecule has 0 aromatic heterocycles. The van der Waals surface area contributed by atoms with E-state index < -0.39 is 0 Å². The number of ether oxygens (including phenoxy) is 2. The number of carbonyl (C=O) groups excluding carboxylic acids is 1. The quantitative estimate of drug-likeness (QED) is 0.749.